The number of hydrogen-bond acceptors (Lipinski definition) is 2. The second kappa shape index (κ2) is 9.81. The van der Waals surface area contributed by atoms with Crippen molar-refractivity contribution < 1.29 is 9.09 Å². The Morgan fingerprint density at radius 3 is 1.79 bits per heavy atom. The predicted octanol–water partition coefficient (Wildman–Crippen LogP) is 6.67. The summed E-state index contributed by atoms with van der Waals surface area (Å²) in [6.07, 6.45) is 4.60. The van der Waals surface area contributed by atoms with E-state index in [0.29, 0.717) is 12.8 Å². The van der Waals surface area contributed by atoms with Crippen LogP contribution in [0.2, 0.25) is 0 Å². The van der Waals surface area contributed by atoms with Gasteiger partial charge in [0.25, 0.3) is 0 Å². The van der Waals surface area contributed by atoms with E-state index >= 15 is 0 Å². The fraction of sp³-hybridized carbons (Fsp3) is 0.429. The summed E-state index contributed by atoms with van der Waals surface area (Å²) in [6, 6.07) is 20.3. The fourth-order valence-corrected chi connectivity index (χ4v) is 5.91. The highest BCUT2D eigenvalue weighted by molar-refractivity contribution is 7.59. The normalized spacial score (nSPS) is 13.8. The second-order valence-electron chi connectivity index (χ2n) is 6.21. The van der Waals surface area contributed by atoms with Crippen LogP contribution < -0.4 is 0 Å². The van der Waals surface area contributed by atoms with Gasteiger partial charge in [-0.05, 0) is 24.0 Å². The molecule has 0 fully saturated rings. The number of rotatable bonds is 10. The summed E-state index contributed by atoms with van der Waals surface area (Å²) >= 11 is 0. The van der Waals surface area contributed by atoms with Crippen molar-refractivity contribution in [3.63, 3.8) is 0 Å². The van der Waals surface area contributed by atoms with Crippen LogP contribution in [0.25, 0.3) is 0 Å². The molecule has 0 spiro atoms. The third kappa shape index (κ3) is 5.06. The molecular formula is C21H29O2P. The van der Waals surface area contributed by atoms with Crippen LogP contribution in [-0.4, -0.2) is 12.8 Å². The van der Waals surface area contributed by atoms with Crippen LogP contribution in [0.1, 0.15) is 56.3 Å². The zero-order chi connectivity index (χ0) is 17.3. The van der Waals surface area contributed by atoms with E-state index < -0.39 is 7.37 Å². The summed E-state index contributed by atoms with van der Waals surface area (Å²) in [4.78, 5) is 0. The largest absolute Gasteiger partial charge is 0.328 e. The Morgan fingerprint density at radius 1 is 0.833 bits per heavy atom. The molecule has 2 aromatic carbocycles. The molecule has 2 rings (SSSR count). The smallest absolute Gasteiger partial charge is 0.214 e. The van der Waals surface area contributed by atoms with E-state index in [4.69, 9.17) is 4.52 Å². The van der Waals surface area contributed by atoms with Crippen LogP contribution in [0.15, 0.2) is 60.7 Å². The lowest BCUT2D eigenvalue weighted by molar-refractivity contribution is 0.301. The van der Waals surface area contributed by atoms with Gasteiger partial charge in [-0.25, -0.2) is 0 Å². The summed E-state index contributed by atoms with van der Waals surface area (Å²) in [5, 5.41) is 0. The van der Waals surface area contributed by atoms with E-state index in [2.05, 4.69) is 38.1 Å². The van der Waals surface area contributed by atoms with Crippen LogP contribution in [-0.2, 0) is 9.09 Å². The maximum Gasteiger partial charge on any atom is 0.214 e. The molecule has 2 nitrogen and oxygen atoms in total. The van der Waals surface area contributed by atoms with E-state index in [1.165, 1.54) is 0 Å². The first-order valence-electron chi connectivity index (χ1n) is 9.04. The van der Waals surface area contributed by atoms with Crippen molar-refractivity contribution >= 4 is 7.37 Å². The first-order valence-corrected chi connectivity index (χ1v) is 10.9. The lowest BCUT2D eigenvalue weighted by Gasteiger charge is -2.28. The van der Waals surface area contributed by atoms with Crippen molar-refractivity contribution in [3.8, 4) is 0 Å². The Kier molecular flexibility index (Phi) is 7.75. The van der Waals surface area contributed by atoms with Gasteiger partial charge in [-0.15, -0.1) is 0 Å². The van der Waals surface area contributed by atoms with Gasteiger partial charge < -0.3 is 4.52 Å². The van der Waals surface area contributed by atoms with Gasteiger partial charge in [0.15, 0.2) is 0 Å². The van der Waals surface area contributed by atoms with Gasteiger partial charge in [0.2, 0.25) is 7.37 Å². The van der Waals surface area contributed by atoms with Gasteiger partial charge in [-0.3, -0.25) is 4.57 Å². The standard InChI is InChI=1S/C21H29O2P/c1-3-5-17-23-24(22,18-6-4-2)21(19-13-9-7-10-14-19)20-15-11-8-12-16-20/h7-16,21H,3-6,17-18H2,1-2H3. The molecule has 0 aromatic heterocycles. The van der Waals surface area contributed by atoms with Crippen molar-refractivity contribution in [2.24, 2.45) is 0 Å². The molecule has 3 heteroatoms. The summed E-state index contributed by atoms with van der Waals surface area (Å²) in [7, 11) is -2.82. The second-order valence-corrected chi connectivity index (χ2v) is 8.89. The van der Waals surface area contributed by atoms with Crippen LogP contribution in [0.4, 0.5) is 0 Å². The maximum atomic E-state index is 13.9. The molecule has 2 aromatic rings. The zero-order valence-corrected chi connectivity index (χ0v) is 15.8. The minimum atomic E-state index is -2.82. The molecular weight excluding hydrogens is 315 g/mol. The third-order valence-corrected chi connectivity index (χ3v) is 7.20. The Morgan fingerprint density at radius 2 is 1.33 bits per heavy atom. The van der Waals surface area contributed by atoms with Crippen molar-refractivity contribution in [2.45, 2.75) is 45.2 Å². The van der Waals surface area contributed by atoms with E-state index in [0.717, 1.165) is 36.8 Å². The SMILES string of the molecule is CCCCOP(=O)(CCCC)C(c1ccccc1)c1ccccc1. The molecule has 1 unspecified atom stereocenters. The highest BCUT2D eigenvalue weighted by Gasteiger charge is 2.36. The Hall–Kier alpha value is -1.37. The molecule has 0 heterocycles. The molecule has 1 atom stereocenters. The fourth-order valence-electron chi connectivity index (χ4n) is 2.93. The quantitative estimate of drug-likeness (QED) is 0.355. The van der Waals surface area contributed by atoms with Crippen molar-refractivity contribution in [2.75, 3.05) is 12.8 Å². The molecule has 0 aliphatic rings. The highest BCUT2D eigenvalue weighted by atomic mass is 31.2. The predicted molar refractivity (Wildman–Crippen MR) is 103 cm³/mol. The van der Waals surface area contributed by atoms with Gasteiger partial charge in [0.05, 0.1) is 12.3 Å². The minimum absolute atomic E-state index is 0.177. The lowest BCUT2D eigenvalue weighted by Crippen LogP contribution is -2.09. The minimum Gasteiger partial charge on any atom is -0.328 e. The summed E-state index contributed by atoms with van der Waals surface area (Å²) in [5.74, 6) is 0. The van der Waals surface area contributed by atoms with Crippen molar-refractivity contribution in [1.82, 2.24) is 0 Å². The van der Waals surface area contributed by atoms with Crippen LogP contribution >= 0.6 is 7.37 Å². The topological polar surface area (TPSA) is 26.3 Å². The molecule has 130 valence electrons. The molecule has 0 saturated carbocycles. The molecule has 0 bridgehead atoms. The maximum absolute atomic E-state index is 13.9. The summed E-state index contributed by atoms with van der Waals surface area (Å²) in [6.45, 7) is 4.84. The van der Waals surface area contributed by atoms with Crippen LogP contribution in [0.5, 0.6) is 0 Å². The first-order chi connectivity index (χ1) is 11.7. The monoisotopic (exact) mass is 344 g/mol. The van der Waals surface area contributed by atoms with Gasteiger partial charge >= 0.3 is 0 Å². The summed E-state index contributed by atoms with van der Waals surface area (Å²) in [5.41, 5.74) is 1.99. The Labute approximate surface area is 146 Å². The molecule has 24 heavy (non-hydrogen) atoms. The molecule has 0 saturated heterocycles. The van der Waals surface area contributed by atoms with Crippen LogP contribution in [0, 0.1) is 0 Å². The van der Waals surface area contributed by atoms with Crippen molar-refractivity contribution in [1.29, 1.82) is 0 Å². The van der Waals surface area contributed by atoms with Gasteiger partial charge in [-0.2, -0.15) is 0 Å². The van der Waals surface area contributed by atoms with Gasteiger partial charge in [-0.1, -0.05) is 87.4 Å². The molecule has 0 N–H and O–H groups in total. The first kappa shape index (κ1) is 19.0. The number of benzene rings is 2. The average molecular weight is 344 g/mol. The van der Waals surface area contributed by atoms with E-state index in [1.54, 1.807) is 0 Å². The average Bonchev–Trinajstić information content (AvgIpc) is 2.62. The lowest BCUT2D eigenvalue weighted by atomic mass is 10.0. The number of unbranched alkanes of at least 4 members (excludes halogenated alkanes) is 2. The molecule has 0 radical (unpaired) electrons. The Bertz CT molecular complexity index is 585. The zero-order valence-electron chi connectivity index (χ0n) is 14.9. The van der Waals surface area contributed by atoms with Gasteiger partial charge in [0.1, 0.15) is 0 Å². The highest BCUT2D eigenvalue weighted by Crippen LogP contribution is 2.63. The molecule has 0 aliphatic carbocycles. The van der Waals surface area contributed by atoms with E-state index in [9.17, 15) is 4.57 Å². The third-order valence-electron chi connectivity index (χ3n) is 4.26. The van der Waals surface area contributed by atoms with E-state index in [1.807, 2.05) is 36.4 Å². The van der Waals surface area contributed by atoms with E-state index in [-0.39, 0.29) is 5.66 Å². The van der Waals surface area contributed by atoms with Crippen LogP contribution in [0.3, 0.4) is 0 Å². The van der Waals surface area contributed by atoms with Gasteiger partial charge in [0, 0.05) is 6.16 Å². The van der Waals surface area contributed by atoms with Crippen molar-refractivity contribution in [3.05, 3.63) is 71.8 Å². The number of hydrogen-bond donors (Lipinski definition) is 0. The molecule has 0 aliphatic heterocycles. The summed E-state index contributed by atoms with van der Waals surface area (Å²) < 4.78 is 20.0. The Balaban J connectivity index is 2.42. The molecule has 0 amide bonds.